The van der Waals surface area contributed by atoms with E-state index in [9.17, 15) is 9.59 Å². The number of carbonyl (C=O) groups is 2. The van der Waals surface area contributed by atoms with E-state index >= 15 is 0 Å². The van der Waals surface area contributed by atoms with E-state index in [1.807, 2.05) is 13.8 Å². The Hall–Kier alpha value is -0.138. The Bertz CT molecular complexity index is 308. The normalized spacial score (nSPS) is 23.0. The second-order valence-corrected chi connectivity index (χ2v) is 6.85. The van der Waals surface area contributed by atoms with Crippen LogP contribution in [0.3, 0.4) is 0 Å². The van der Waals surface area contributed by atoms with Crippen LogP contribution in [0.25, 0.3) is 0 Å². The monoisotopic (exact) mass is 398 g/mol. The molecule has 21 heavy (non-hydrogen) atoms. The van der Waals surface area contributed by atoms with Crippen LogP contribution in [0, 0.1) is 10.8 Å². The summed E-state index contributed by atoms with van der Waals surface area (Å²) in [5.41, 5.74) is -0.809. The van der Waals surface area contributed by atoms with E-state index in [4.69, 9.17) is 10.2 Å². The van der Waals surface area contributed by atoms with Gasteiger partial charge in [-0.1, -0.05) is 38.5 Å². The standard InChI is InChI=1S/2C8H14O2.Cd/c2*1-8(7(9)10)5-3-2-4-6-8;/h2*2-6H2,1H3,(H,9,10);. The maximum atomic E-state index is 10.7. The summed E-state index contributed by atoms with van der Waals surface area (Å²) in [4.78, 5) is 21.4. The van der Waals surface area contributed by atoms with E-state index in [0.29, 0.717) is 0 Å². The average Bonchev–Trinajstić information content (AvgIpc) is 2.41. The van der Waals surface area contributed by atoms with Gasteiger partial charge < -0.3 is 10.2 Å². The third-order valence-electron chi connectivity index (χ3n) is 4.95. The Kier molecular flexibility index (Phi) is 9.04. The van der Waals surface area contributed by atoms with Gasteiger partial charge in [-0.2, -0.15) is 0 Å². The van der Waals surface area contributed by atoms with Crippen molar-refractivity contribution < 1.29 is 47.1 Å². The van der Waals surface area contributed by atoms with Gasteiger partial charge in [-0.25, -0.2) is 0 Å². The van der Waals surface area contributed by atoms with Crippen LogP contribution in [0.5, 0.6) is 0 Å². The third-order valence-corrected chi connectivity index (χ3v) is 4.95. The molecular formula is C16H28CdO4. The zero-order valence-corrected chi connectivity index (χ0v) is 17.5. The van der Waals surface area contributed by atoms with E-state index < -0.39 is 22.8 Å². The number of rotatable bonds is 2. The molecule has 2 N–H and O–H groups in total. The van der Waals surface area contributed by atoms with Crippen molar-refractivity contribution in [1.82, 2.24) is 0 Å². The van der Waals surface area contributed by atoms with E-state index in [1.54, 1.807) is 0 Å². The molecule has 0 aromatic carbocycles. The Morgan fingerprint density at radius 3 is 1.05 bits per heavy atom. The van der Waals surface area contributed by atoms with Crippen molar-refractivity contribution in [3.63, 3.8) is 0 Å². The fourth-order valence-electron chi connectivity index (χ4n) is 3.09. The molecule has 0 atom stereocenters. The molecule has 2 aliphatic carbocycles. The molecule has 0 unspecified atom stereocenters. The van der Waals surface area contributed by atoms with Crippen molar-refractivity contribution in [2.45, 2.75) is 78.1 Å². The second kappa shape index (κ2) is 9.10. The molecule has 5 heteroatoms. The van der Waals surface area contributed by atoms with Crippen LogP contribution in [0.15, 0.2) is 0 Å². The zero-order chi connectivity index (χ0) is 15.2. The molecule has 0 aromatic heterocycles. The van der Waals surface area contributed by atoms with Gasteiger partial charge in [0.05, 0.1) is 10.8 Å². The molecule has 0 spiro atoms. The summed E-state index contributed by atoms with van der Waals surface area (Å²) >= 11 is 0. The molecule has 0 aromatic rings. The summed E-state index contributed by atoms with van der Waals surface area (Å²) < 4.78 is 0. The third kappa shape index (κ3) is 6.24. The van der Waals surface area contributed by atoms with Crippen molar-refractivity contribution in [2.24, 2.45) is 10.8 Å². The van der Waals surface area contributed by atoms with Gasteiger partial charge in [0, 0.05) is 27.3 Å². The first-order chi connectivity index (χ1) is 9.30. The minimum atomic E-state index is -0.618. The molecule has 0 radical (unpaired) electrons. The van der Waals surface area contributed by atoms with Gasteiger partial charge in [0.15, 0.2) is 0 Å². The van der Waals surface area contributed by atoms with Crippen LogP contribution in [0.4, 0.5) is 0 Å². The molecule has 2 fully saturated rings. The van der Waals surface area contributed by atoms with Gasteiger partial charge in [0.1, 0.15) is 0 Å². The van der Waals surface area contributed by atoms with Crippen LogP contribution in [-0.2, 0) is 36.9 Å². The molecule has 2 saturated carbocycles. The predicted molar refractivity (Wildman–Crippen MR) is 77.7 cm³/mol. The van der Waals surface area contributed by atoms with Gasteiger partial charge >= 0.3 is 11.9 Å². The van der Waals surface area contributed by atoms with Crippen molar-refractivity contribution >= 4 is 11.9 Å². The molecule has 0 amide bonds. The molecule has 0 bridgehead atoms. The Morgan fingerprint density at radius 1 is 0.667 bits per heavy atom. The fraction of sp³-hybridized carbons (Fsp3) is 0.875. The SMILES string of the molecule is CC1(C(=O)O)CCCCC1.CC1(C(=O)O)CCCCC1.[Cd]. The first-order valence-corrected chi connectivity index (χ1v) is 7.77. The Labute approximate surface area is 147 Å². The molecular weight excluding hydrogens is 369 g/mol. The van der Waals surface area contributed by atoms with Gasteiger partial charge in [-0.05, 0) is 39.5 Å². The quantitative estimate of drug-likeness (QED) is 0.690. The summed E-state index contributed by atoms with van der Waals surface area (Å²) in [6.07, 6.45) is 10.2. The number of hydrogen-bond donors (Lipinski definition) is 2. The fourth-order valence-corrected chi connectivity index (χ4v) is 3.09. The van der Waals surface area contributed by atoms with Gasteiger partial charge in [-0.3, -0.25) is 9.59 Å². The molecule has 118 valence electrons. The van der Waals surface area contributed by atoms with Crippen molar-refractivity contribution in [2.75, 3.05) is 0 Å². The molecule has 4 nitrogen and oxygen atoms in total. The molecule has 0 heterocycles. The maximum absolute atomic E-state index is 10.7. The maximum Gasteiger partial charge on any atom is 0.309 e. The van der Waals surface area contributed by atoms with Crippen molar-refractivity contribution in [1.29, 1.82) is 0 Å². The van der Waals surface area contributed by atoms with E-state index in [0.717, 1.165) is 51.4 Å². The minimum Gasteiger partial charge on any atom is -0.481 e. The van der Waals surface area contributed by atoms with Crippen molar-refractivity contribution in [3.05, 3.63) is 0 Å². The first kappa shape index (κ1) is 20.9. The Morgan fingerprint density at radius 2 is 0.905 bits per heavy atom. The topological polar surface area (TPSA) is 74.6 Å². The summed E-state index contributed by atoms with van der Waals surface area (Å²) in [6.45, 7) is 3.71. The summed E-state index contributed by atoms with van der Waals surface area (Å²) in [5, 5.41) is 17.6. The van der Waals surface area contributed by atoms with E-state index in [2.05, 4.69) is 0 Å². The van der Waals surface area contributed by atoms with Crippen LogP contribution in [0.2, 0.25) is 0 Å². The summed E-state index contributed by atoms with van der Waals surface area (Å²) in [5.74, 6) is -1.24. The smallest absolute Gasteiger partial charge is 0.309 e. The predicted octanol–water partition coefficient (Wildman–Crippen LogP) is 4.08. The Balaban J connectivity index is 0.000000364. The van der Waals surface area contributed by atoms with Gasteiger partial charge in [0.2, 0.25) is 0 Å². The summed E-state index contributed by atoms with van der Waals surface area (Å²) in [7, 11) is 0. The molecule has 0 aliphatic heterocycles. The number of hydrogen-bond acceptors (Lipinski definition) is 2. The van der Waals surface area contributed by atoms with Gasteiger partial charge in [0.25, 0.3) is 0 Å². The molecule has 2 aliphatic rings. The van der Waals surface area contributed by atoms with Crippen LogP contribution >= 0.6 is 0 Å². The number of carboxylic acids is 2. The van der Waals surface area contributed by atoms with E-state index in [-0.39, 0.29) is 27.3 Å². The number of carboxylic acid groups (broad SMARTS) is 2. The first-order valence-electron chi connectivity index (χ1n) is 7.77. The molecule has 2 rings (SSSR count). The van der Waals surface area contributed by atoms with E-state index in [1.165, 1.54) is 12.8 Å². The molecule has 0 saturated heterocycles. The second-order valence-electron chi connectivity index (χ2n) is 6.85. The zero-order valence-electron chi connectivity index (χ0n) is 13.5. The van der Waals surface area contributed by atoms with Crippen LogP contribution in [-0.4, -0.2) is 22.2 Å². The largest absolute Gasteiger partial charge is 0.481 e. The van der Waals surface area contributed by atoms with Crippen LogP contribution in [0.1, 0.15) is 78.1 Å². The van der Waals surface area contributed by atoms with Crippen LogP contribution < -0.4 is 0 Å². The number of aliphatic carboxylic acids is 2. The van der Waals surface area contributed by atoms with Crippen molar-refractivity contribution in [3.8, 4) is 0 Å². The average molecular weight is 397 g/mol. The minimum absolute atomic E-state index is 0. The summed E-state index contributed by atoms with van der Waals surface area (Å²) in [6, 6.07) is 0. The van der Waals surface area contributed by atoms with Gasteiger partial charge in [-0.15, -0.1) is 0 Å².